The second-order valence-electron chi connectivity index (χ2n) is 11.1. The Hall–Kier alpha value is -1.79. The topological polar surface area (TPSA) is 96.5 Å². The van der Waals surface area contributed by atoms with E-state index in [1.54, 1.807) is 20.8 Å². The Bertz CT molecular complexity index is 585. The van der Waals surface area contributed by atoms with Crippen LogP contribution in [0.15, 0.2) is 0 Å². The number of rotatable bonds is 17. The van der Waals surface area contributed by atoms with Crippen LogP contribution in [0.2, 0.25) is 0 Å². The zero-order valence-electron chi connectivity index (χ0n) is 23.2. The van der Waals surface area contributed by atoms with Crippen molar-refractivity contribution in [3.05, 3.63) is 0 Å². The molecule has 0 aliphatic heterocycles. The van der Waals surface area contributed by atoms with E-state index < -0.39 is 23.8 Å². The number of nitrogens with one attached hydrogen (secondary N) is 3. The number of carbonyl (C=O) groups excluding carboxylic acids is 3. The minimum Gasteiger partial charge on any atom is -0.444 e. The fourth-order valence-electron chi connectivity index (χ4n) is 3.68. The Morgan fingerprint density at radius 1 is 0.676 bits per heavy atom. The van der Waals surface area contributed by atoms with E-state index in [9.17, 15) is 14.4 Å². The third-order valence-corrected chi connectivity index (χ3v) is 5.70. The second kappa shape index (κ2) is 17.6. The van der Waals surface area contributed by atoms with Gasteiger partial charge in [-0.2, -0.15) is 0 Å². The Morgan fingerprint density at radius 2 is 1.12 bits per heavy atom. The first kappa shape index (κ1) is 32.2. The van der Waals surface area contributed by atoms with Gasteiger partial charge in [0.1, 0.15) is 17.7 Å². The van der Waals surface area contributed by atoms with Gasteiger partial charge in [-0.15, -0.1) is 0 Å². The van der Waals surface area contributed by atoms with E-state index in [4.69, 9.17) is 4.74 Å². The third-order valence-electron chi connectivity index (χ3n) is 5.70. The van der Waals surface area contributed by atoms with Crippen molar-refractivity contribution in [2.24, 2.45) is 11.8 Å². The van der Waals surface area contributed by atoms with Crippen LogP contribution in [0.4, 0.5) is 4.79 Å². The van der Waals surface area contributed by atoms with Crippen molar-refractivity contribution in [1.29, 1.82) is 0 Å². The van der Waals surface area contributed by atoms with Crippen LogP contribution in [0, 0.1) is 11.8 Å². The molecule has 0 aromatic heterocycles. The number of ether oxygens (including phenoxy) is 1. The summed E-state index contributed by atoms with van der Waals surface area (Å²) >= 11 is 0. The SMILES string of the molecule is CCCCCCCCCCCCNC(=O)[C@@H](NC(=O)[C@@H](NC(=O)OC(C)(C)C)C(C)C)C(C)C. The summed E-state index contributed by atoms with van der Waals surface area (Å²) in [7, 11) is 0. The predicted octanol–water partition coefficient (Wildman–Crippen LogP) is 5.71. The fraction of sp³-hybridized carbons (Fsp3) is 0.889. The summed E-state index contributed by atoms with van der Waals surface area (Å²) in [6.45, 7) is 15.6. The van der Waals surface area contributed by atoms with E-state index >= 15 is 0 Å². The summed E-state index contributed by atoms with van der Waals surface area (Å²) in [4.78, 5) is 37.8. The van der Waals surface area contributed by atoms with E-state index in [-0.39, 0.29) is 23.7 Å². The van der Waals surface area contributed by atoms with Crippen LogP contribution in [0.3, 0.4) is 0 Å². The standard InChI is InChI=1S/C27H53N3O4/c1-9-10-11-12-13-14-15-16-17-18-19-28-24(31)22(20(2)3)29-25(32)23(21(4)5)30-26(33)34-27(6,7)8/h20-23H,9-19H2,1-8H3,(H,28,31)(H,29,32)(H,30,33)/t22-,23-/m0/s1. The third kappa shape index (κ3) is 15.9. The number of hydrogen-bond donors (Lipinski definition) is 3. The normalized spacial score (nSPS) is 13.5. The lowest BCUT2D eigenvalue weighted by Crippen LogP contribution is -2.57. The Balaban J connectivity index is 4.45. The van der Waals surface area contributed by atoms with Gasteiger partial charge in [0, 0.05) is 6.54 Å². The molecule has 7 nitrogen and oxygen atoms in total. The number of hydrogen-bond acceptors (Lipinski definition) is 4. The Kier molecular flexibility index (Phi) is 16.7. The lowest BCUT2D eigenvalue weighted by Gasteiger charge is -2.28. The molecular formula is C27H53N3O4. The number of amides is 3. The van der Waals surface area contributed by atoms with Crippen molar-refractivity contribution in [3.63, 3.8) is 0 Å². The summed E-state index contributed by atoms with van der Waals surface area (Å²) in [5, 5.41) is 8.45. The lowest BCUT2D eigenvalue weighted by molar-refractivity contribution is -0.131. The van der Waals surface area contributed by atoms with Gasteiger partial charge in [0.25, 0.3) is 0 Å². The molecule has 0 rings (SSSR count). The minimum atomic E-state index is -0.786. The van der Waals surface area contributed by atoms with E-state index in [2.05, 4.69) is 22.9 Å². The van der Waals surface area contributed by atoms with Crippen LogP contribution in [-0.4, -0.2) is 42.1 Å². The molecule has 0 heterocycles. The molecule has 2 atom stereocenters. The molecule has 0 aliphatic rings. The maximum absolute atomic E-state index is 12.9. The summed E-state index contributed by atoms with van der Waals surface area (Å²) in [5.41, 5.74) is -0.656. The van der Waals surface area contributed by atoms with Crippen molar-refractivity contribution in [2.75, 3.05) is 6.54 Å². The molecule has 34 heavy (non-hydrogen) atoms. The smallest absolute Gasteiger partial charge is 0.408 e. The molecule has 0 saturated carbocycles. The van der Waals surface area contributed by atoms with Crippen molar-refractivity contribution in [3.8, 4) is 0 Å². The van der Waals surface area contributed by atoms with Crippen LogP contribution in [-0.2, 0) is 14.3 Å². The van der Waals surface area contributed by atoms with Gasteiger partial charge in [-0.05, 0) is 39.0 Å². The van der Waals surface area contributed by atoms with E-state index in [0.717, 1.165) is 12.8 Å². The lowest BCUT2D eigenvalue weighted by atomic mass is 9.99. The van der Waals surface area contributed by atoms with Gasteiger partial charge >= 0.3 is 6.09 Å². The van der Waals surface area contributed by atoms with E-state index in [1.165, 1.54) is 51.4 Å². The van der Waals surface area contributed by atoms with E-state index in [1.807, 2.05) is 27.7 Å². The molecule has 0 aromatic carbocycles. The van der Waals surface area contributed by atoms with Crippen LogP contribution < -0.4 is 16.0 Å². The average molecular weight is 484 g/mol. The van der Waals surface area contributed by atoms with Crippen LogP contribution in [0.5, 0.6) is 0 Å². The highest BCUT2D eigenvalue weighted by Gasteiger charge is 2.31. The molecule has 0 bridgehead atoms. The van der Waals surface area contributed by atoms with Crippen LogP contribution >= 0.6 is 0 Å². The van der Waals surface area contributed by atoms with Crippen molar-refractivity contribution < 1.29 is 19.1 Å². The molecule has 0 aliphatic carbocycles. The highest BCUT2D eigenvalue weighted by molar-refractivity contribution is 5.91. The largest absolute Gasteiger partial charge is 0.444 e. The highest BCUT2D eigenvalue weighted by atomic mass is 16.6. The molecule has 3 N–H and O–H groups in total. The molecule has 200 valence electrons. The van der Waals surface area contributed by atoms with Crippen molar-refractivity contribution >= 4 is 17.9 Å². The first-order valence-electron chi connectivity index (χ1n) is 13.5. The second-order valence-corrected chi connectivity index (χ2v) is 11.1. The molecule has 3 amide bonds. The van der Waals surface area contributed by atoms with Gasteiger partial charge in [0.15, 0.2) is 0 Å². The minimum absolute atomic E-state index is 0.0778. The van der Waals surface area contributed by atoms with Crippen LogP contribution in [0.1, 0.15) is 120 Å². The molecule has 0 aromatic rings. The summed E-state index contributed by atoms with van der Waals surface area (Å²) < 4.78 is 5.28. The molecule has 0 fully saturated rings. The molecular weight excluding hydrogens is 430 g/mol. The van der Waals surface area contributed by atoms with Crippen molar-refractivity contribution in [2.45, 2.75) is 137 Å². The molecule has 0 radical (unpaired) electrons. The molecule has 0 spiro atoms. The first-order valence-corrected chi connectivity index (χ1v) is 13.5. The van der Waals surface area contributed by atoms with Gasteiger partial charge in [0.05, 0.1) is 0 Å². The summed E-state index contributed by atoms with van der Waals surface area (Å²) in [6, 6.07) is -1.44. The summed E-state index contributed by atoms with van der Waals surface area (Å²) in [6.07, 6.45) is 11.8. The van der Waals surface area contributed by atoms with Gasteiger partial charge in [0.2, 0.25) is 11.8 Å². The van der Waals surface area contributed by atoms with Crippen molar-refractivity contribution in [1.82, 2.24) is 16.0 Å². The Morgan fingerprint density at radius 3 is 1.56 bits per heavy atom. The molecule has 0 unspecified atom stereocenters. The van der Waals surface area contributed by atoms with E-state index in [0.29, 0.717) is 6.54 Å². The van der Waals surface area contributed by atoms with Crippen LogP contribution in [0.25, 0.3) is 0 Å². The average Bonchev–Trinajstić information content (AvgIpc) is 2.72. The van der Waals surface area contributed by atoms with Gasteiger partial charge in [-0.25, -0.2) is 4.79 Å². The molecule has 7 heteroatoms. The van der Waals surface area contributed by atoms with Gasteiger partial charge in [-0.1, -0.05) is 92.4 Å². The monoisotopic (exact) mass is 483 g/mol. The predicted molar refractivity (Wildman–Crippen MR) is 140 cm³/mol. The number of carbonyl (C=O) groups is 3. The Labute approximate surface area is 208 Å². The van der Waals surface area contributed by atoms with Gasteiger partial charge in [-0.3, -0.25) is 9.59 Å². The maximum Gasteiger partial charge on any atom is 0.408 e. The number of unbranched alkanes of at least 4 members (excludes halogenated alkanes) is 9. The fourth-order valence-corrected chi connectivity index (χ4v) is 3.68. The zero-order valence-corrected chi connectivity index (χ0v) is 23.2. The molecule has 0 saturated heterocycles. The zero-order chi connectivity index (χ0) is 26.1. The van der Waals surface area contributed by atoms with Gasteiger partial charge < -0.3 is 20.7 Å². The number of alkyl carbamates (subject to hydrolysis) is 1. The highest BCUT2D eigenvalue weighted by Crippen LogP contribution is 2.12. The maximum atomic E-state index is 12.9. The first-order chi connectivity index (χ1) is 15.9. The summed E-state index contributed by atoms with van der Waals surface area (Å²) in [5.74, 6) is -0.797. The quantitative estimate of drug-likeness (QED) is 0.231.